The van der Waals surface area contributed by atoms with Crippen LogP contribution in [0.2, 0.25) is 0 Å². The second-order valence-corrected chi connectivity index (χ2v) is 3.39. The lowest BCUT2D eigenvalue weighted by Gasteiger charge is -2.16. The first-order valence-corrected chi connectivity index (χ1v) is 5.65. The molecule has 0 rings (SSSR count). The molecule has 0 aliphatic heterocycles. The maximum Gasteiger partial charge on any atom is 0.323 e. The van der Waals surface area contributed by atoms with Gasteiger partial charge in [0.15, 0.2) is 0 Å². The highest BCUT2D eigenvalue weighted by Crippen LogP contribution is 1.99. The Balaban J connectivity index is 3.76. The summed E-state index contributed by atoms with van der Waals surface area (Å²) in [5.41, 5.74) is 0. The Bertz CT molecular complexity index is 162. The zero-order valence-electron chi connectivity index (χ0n) is 10.0. The van der Waals surface area contributed by atoms with Gasteiger partial charge in [-0.1, -0.05) is 13.3 Å². The lowest BCUT2D eigenvalue weighted by atomic mass is 10.1. The highest BCUT2D eigenvalue weighted by Gasteiger charge is 2.17. The van der Waals surface area contributed by atoms with Gasteiger partial charge in [0, 0.05) is 13.7 Å². The Morgan fingerprint density at radius 1 is 1.40 bits per heavy atom. The highest BCUT2D eigenvalue weighted by atomic mass is 16.5. The lowest BCUT2D eigenvalue weighted by molar-refractivity contribution is -0.145. The summed E-state index contributed by atoms with van der Waals surface area (Å²) < 4.78 is 9.92. The number of rotatable bonds is 9. The predicted molar refractivity (Wildman–Crippen MR) is 59.8 cm³/mol. The van der Waals surface area contributed by atoms with Crippen LogP contribution in [0.25, 0.3) is 0 Å². The molecule has 0 aliphatic rings. The summed E-state index contributed by atoms with van der Waals surface area (Å²) in [5.74, 6) is -0.142. The Labute approximate surface area is 92.3 Å². The van der Waals surface area contributed by atoms with Crippen LogP contribution in [0, 0.1) is 0 Å². The zero-order valence-corrected chi connectivity index (χ0v) is 10.0. The van der Waals surface area contributed by atoms with E-state index in [1.54, 1.807) is 7.11 Å². The molecule has 0 aromatic heterocycles. The molecule has 90 valence electrons. The van der Waals surface area contributed by atoms with E-state index < -0.39 is 0 Å². The van der Waals surface area contributed by atoms with Crippen LogP contribution >= 0.6 is 0 Å². The molecule has 0 aromatic rings. The summed E-state index contributed by atoms with van der Waals surface area (Å²) in [6, 6.07) is -0.160. The molecule has 1 atom stereocenters. The van der Waals surface area contributed by atoms with Gasteiger partial charge in [0.1, 0.15) is 6.04 Å². The van der Waals surface area contributed by atoms with E-state index in [0.29, 0.717) is 13.2 Å². The summed E-state index contributed by atoms with van der Waals surface area (Å²) in [4.78, 5) is 11.5. The number of methoxy groups -OCH3 is 1. The van der Waals surface area contributed by atoms with E-state index in [9.17, 15) is 4.79 Å². The number of carbonyl (C=O) groups is 1. The minimum absolute atomic E-state index is 0.142. The number of hydrogen-bond donors (Lipinski definition) is 1. The Morgan fingerprint density at radius 3 is 2.67 bits per heavy atom. The fraction of sp³-hybridized carbons (Fsp3) is 0.909. The highest BCUT2D eigenvalue weighted by molar-refractivity contribution is 5.75. The second kappa shape index (κ2) is 9.93. The van der Waals surface area contributed by atoms with Crippen LogP contribution in [0.15, 0.2) is 0 Å². The summed E-state index contributed by atoms with van der Waals surface area (Å²) in [5, 5.41) is 3.19. The molecule has 0 radical (unpaired) electrons. The average molecular weight is 217 g/mol. The van der Waals surface area contributed by atoms with Crippen molar-refractivity contribution < 1.29 is 14.3 Å². The van der Waals surface area contributed by atoms with E-state index in [1.165, 1.54) is 0 Å². The fourth-order valence-electron chi connectivity index (χ4n) is 1.33. The molecular formula is C11H23NO3. The van der Waals surface area contributed by atoms with Gasteiger partial charge in [-0.05, 0) is 26.3 Å². The van der Waals surface area contributed by atoms with Crippen LogP contribution in [-0.4, -0.2) is 38.9 Å². The van der Waals surface area contributed by atoms with E-state index in [0.717, 1.165) is 25.8 Å². The number of esters is 1. The standard InChI is InChI=1S/C11H23NO3/c1-4-7-10(11(13)15-5-2)12-8-6-9-14-3/h10,12H,4-9H2,1-3H3. The minimum atomic E-state index is -0.160. The van der Waals surface area contributed by atoms with Gasteiger partial charge in [-0.2, -0.15) is 0 Å². The molecule has 0 amide bonds. The van der Waals surface area contributed by atoms with Gasteiger partial charge < -0.3 is 14.8 Å². The summed E-state index contributed by atoms with van der Waals surface area (Å²) >= 11 is 0. The lowest BCUT2D eigenvalue weighted by Crippen LogP contribution is -2.38. The maximum atomic E-state index is 11.5. The van der Waals surface area contributed by atoms with Crippen molar-refractivity contribution in [1.29, 1.82) is 0 Å². The van der Waals surface area contributed by atoms with Crippen molar-refractivity contribution in [2.24, 2.45) is 0 Å². The molecule has 0 spiro atoms. The predicted octanol–water partition coefficient (Wildman–Crippen LogP) is 1.34. The fourth-order valence-corrected chi connectivity index (χ4v) is 1.33. The molecule has 1 unspecified atom stereocenters. The van der Waals surface area contributed by atoms with Crippen molar-refractivity contribution in [2.45, 2.75) is 39.2 Å². The number of nitrogens with one attached hydrogen (secondary N) is 1. The van der Waals surface area contributed by atoms with E-state index in [2.05, 4.69) is 12.2 Å². The van der Waals surface area contributed by atoms with Crippen LogP contribution in [0.1, 0.15) is 33.1 Å². The average Bonchev–Trinajstić information content (AvgIpc) is 2.23. The molecule has 0 aromatic carbocycles. The Kier molecular flexibility index (Phi) is 9.52. The Morgan fingerprint density at radius 2 is 2.13 bits per heavy atom. The van der Waals surface area contributed by atoms with Crippen LogP contribution in [0.3, 0.4) is 0 Å². The summed E-state index contributed by atoms with van der Waals surface area (Å²) in [6.45, 7) is 5.83. The third kappa shape index (κ3) is 7.33. The molecule has 0 saturated heterocycles. The molecular weight excluding hydrogens is 194 g/mol. The van der Waals surface area contributed by atoms with Crippen molar-refractivity contribution >= 4 is 5.97 Å². The monoisotopic (exact) mass is 217 g/mol. The third-order valence-electron chi connectivity index (χ3n) is 2.06. The van der Waals surface area contributed by atoms with E-state index in [-0.39, 0.29) is 12.0 Å². The number of ether oxygens (including phenoxy) is 2. The molecule has 0 heterocycles. The van der Waals surface area contributed by atoms with Crippen molar-refractivity contribution in [3.8, 4) is 0 Å². The molecule has 0 saturated carbocycles. The summed E-state index contributed by atoms with van der Waals surface area (Å²) in [6.07, 6.45) is 2.71. The van der Waals surface area contributed by atoms with Gasteiger partial charge in [-0.3, -0.25) is 4.79 Å². The minimum Gasteiger partial charge on any atom is -0.465 e. The normalized spacial score (nSPS) is 12.5. The largest absolute Gasteiger partial charge is 0.465 e. The van der Waals surface area contributed by atoms with Gasteiger partial charge in [0.2, 0.25) is 0 Å². The molecule has 4 nitrogen and oxygen atoms in total. The summed E-state index contributed by atoms with van der Waals surface area (Å²) in [7, 11) is 1.68. The number of carbonyl (C=O) groups excluding carboxylic acids is 1. The smallest absolute Gasteiger partial charge is 0.323 e. The van der Waals surface area contributed by atoms with Gasteiger partial charge in [-0.25, -0.2) is 0 Å². The van der Waals surface area contributed by atoms with Crippen LogP contribution in [0.4, 0.5) is 0 Å². The van der Waals surface area contributed by atoms with Crippen molar-refractivity contribution in [3.63, 3.8) is 0 Å². The first kappa shape index (κ1) is 14.4. The third-order valence-corrected chi connectivity index (χ3v) is 2.06. The van der Waals surface area contributed by atoms with Crippen molar-refractivity contribution in [3.05, 3.63) is 0 Å². The topological polar surface area (TPSA) is 47.6 Å². The first-order valence-electron chi connectivity index (χ1n) is 5.65. The molecule has 0 aliphatic carbocycles. The van der Waals surface area contributed by atoms with Gasteiger partial charge in [-0.15, -0.1) is 0 Å². The SMILES string of the molecule is CCCC(NCCCOC)C(=O)OCC. The molecule has 1 N–H and O–H groups in total. The van der Waals surface area contributed by atoms with Gasteiger partial charge in [0.05, 0.1) is 6.61 Å². The molecule has 4 heteroatoms. The maximum absolute atomic E-state index is 11.5. The van der Waals surface area contributed by atoms with E-state index >= 15 is 0 Å². The van der Waals surface area contributed by atoms with Crippen molar-refractivity contribution in [2.75, 3.05) is 26.9 Å². The quantitative estimate of drug-likeness (QED) is 0.468. The van der Waals surface area contributed by atoms with Crippen LogP contribution < -0.4 is 5.32 Å². The first-order chi connectivity index (χ1) is 7.26. The Hall–Kier alpha value is -0.610. The number of hydrogen-bond acceptors (Lipinski definition) is 4. The molecule has 0 bridgehead atoms. The van der Waals surface area contributed by atoms with Crippen LogP contribution in [0.5, 0.6) is 0 Å². The second-order valence-electron chi connectivity index (χ2n) is 3.39. The van der Waals surface area contributed by atoms with Gasteiger partial charge in [0.25, 0.3) is 0 Å². The van der Waals surface area contributed by atoms with E-state index in [1.807, 2.05) is 6.92 Å². The van der Waals surface area contributed by atoms with Gasteiger partial charge >= 0.3 is 5.97 Å². The molecule has 0 fully saturated rings. The zero-order chi connectivity index (χ0) is 11.5. The van der Waals surface area contributed by atoms with Crippen LogP contribution in [-0.2, 0) is 14.3 Å². The molecule has 15 heavy (non-hydrogen) atoms. The van der Waals surface area contributed by atoms with E-state index in [4.69, 9.17) is 9.47 Å². The van der Waals surface area contributed by atoms with Crippen molar-refractivity contribution in [1.82, 2.24) is 5.32 Å².